The van der Waals surface area contributed by atoms with Gasteiger partial charge < -0.3 is 15.0 Å². The normalized spacial score (nSPS) is 22.6. The Bertz CT molecular complexity index is 1050. The number of aromatic nitrogens is 2. The molecule has 3 heterocycles. The van der Waals surface area contributed by atoms with Gasteiger partial charge in [-0.1, -0.05) is 12.2 Å². The first-order valence-electron chi connectivity index (χ1n) is 8.27. The monoisotopic (exact) mass is 411 g/mol. The number of carbonyl (C=O) groups excluding carboxylic acids is 1. The number of aliphatic hydroxyl groups excluding tert-OH is 1. The second kappa shape index (κ2) is 7.41. The van der Waals surface area contributed by atoms with Crippen molar-refractivity contribution in [2.45, 2.75) is 30.4 Å². The van der Waals surface area contributed by atoms with Gasteiger partial charge in [0, 0.05) is 30.7 Å². The minimum atomic E-state index is -3.48. The van der Waals surface area contributed by atoms with E-state index in [4.69, 9.17) is 4.78 Å². The quantitative estimate of drug-likeness (QED) is 0.617. The molecule has 28 heavy (non-hydrogen) atoms. The van der Waals surface area contributed by atoms with E-state index in [0.717, 1.165) is 12.3 Å². The third kappa shape index (κ3) is 3.81. The number of rotatable bonds is 4. The molecule has 0 aromatic carbocycles. The van der Waals surface area contributed by atoms with E-state index in [2.05, 4.69) is 15.0 Å². The summed E-state index contributed by atoms with van der Waals surface area (Å²) in [5.41, 5.74) is 0.0319. The second-order valence-electron chi connectivity index (χ2n) is 6.39. The average molecular weight is 411 g/mol. The molecule has 2 aromatic rings. The molecule has 0 bridgehead atoms. The number of aryl methyl sites for hydroxylation is 1. The molecule has 1 aliphatic rings. The third-order valence-corrected chi connectivity index (χ3v) is 5.81. The van der Waals surface area contributed by atoms with Crippen LogP contribution in [0.25, 0.3) is 6.08 Å². The number of alkyl halides is 2. The summed E-state index contributed by atoms with van der Waals surface area (Å²) in [6.07, 6.45) is 1.94. The predicted molar refractivity (Wildman–Crippen MR) is 99.3 cm³/mol. The summed E-state index contributed by atoms with van der Waals surface area (Å²) >= 11 is 0. The molecule has 8 nitrogen and oxygen atoms in total. The van der Waals surface area contributed by atoms with Crippen LogP contribution in [0.2, 0.25) is 0 Å². The topological polar surface area (TPSA) is 120 Å². The van der Waals surface area contributed by atoms with Crippen LogP contribution in [-0.2, 0) is 17.0 Å². The van der Waals surface area contributed by atoms with Crippen molar-refractivity contribution in [2.75, 3.05) is 5.32 Å². The standard InChI is InChI=1S/C17H19F2N5O3S/c1-9(25)12-4-3-11-14(28(20,27)23-12)8-24(2)15(11)17(26)22-10-5-6-21-13(7-10)16(18)19/h3-9,12,16,25H,1-2H3,(H2,20,23,27)(H,21,22,26)/t9-,12+,28?/m0/s1. The molecule has 11 heteroatoms. The summed E-state index contributed by atoms with van der Waals surface area (Å²) in [5, 5.41) is 12.3. The third-order valence-electron chi connectivity index (χ3n) is 4.26. The van der Waals surface area contributed by atoms with Crippen molar-refractivity contribution in [3.05, 3.63) is 47.6 Å². The number of hydrogen-bond donors (Lipinski definition) is 4. The maximum Gasteiger partial charge on any atom is 0.280 e. The van der Waals surface area contributed by atoms with Crippen molar-refractivity contribution in [1.82, 2.24) is 14.3 Å². The molecule has 3 rings (SSSR count). The van der Waals surface area contributed by atoms with Crippen LogP contribution in [0.15, 0.2) is 35.5 Å². The Kier molecular flexibility index (Phi) is 5.33. The van der Waals surface area contributed by atoms with E-state index in [1.54, 1.807) is 7.05 Å². The SMILES string of the molecule is C[C@H](O)[C@H]1C=Cc2c(cn(C)c2C(=O)Nc2ccnc(C(F)F)c2)S(=N)(=O)N1. The predicted octanol–water partition coefficient (Wildman–Crippen LogP) is 2.30. The van der Waals surface area contributed by atoms with Gasteiger partial charge in [0.2, 0.25) is 0 Å². The molecule has 0 radical (unpaired) electrons. The highest BCUT2D eigenvalue weighted by molar-refractivity contribution is 7.90. The van der Waals surface area contributed by atoms with Crippen molar-refractivity contribution in [3.63, 3.8) is 0 Å². The van der Waals surface area contributed by atoms with Gasteiger partial charge in [-0.05, 0) is 19.1 Å². The van der Waals surface area contributed by atoms with Gasteiger partial charge in [-0.25, -0.2) is 22.5 Å². The zero-order chi connectivity index (χ0) is 20.6. The smallest absolute Gasteiger partial charge is 0.280 e. The van der Waals surface area contributed by atoms with E-state index in [9.17, 15) is 22.9 Å². The lowest BCUT2D eigenvalue weighted by atomic mass is 10.1. The summed E-state index contributed by atoms with van der Waals surface area (Å²) in [5.74, 6) is -0.620. The number of halogens is 2. The van der Waals surface area contributed by atoms with Crippen molar-refractivity contribution >= 4 is 27.6 Å². The van der Waals surface area contributed by atoms with Crippen LogP contribution in [0.5, 0.6) is 0 Å². The van der Waals surface area contributed by atoms with Crippen LogP contribution in [0.1, 0.15) is 35.1 Å². The molecule has 2 aromatic heterocycles. The number of nitrogens with zero attached hydrogens (tertiary/aromatic N) is 2. The highest BCUT2D eigenvalue weighted by atomic mass is 32.2. The number of fused-ring (bicyclic) bond motifs is 1. The zero-order valence-electron chi connectivity index (χ0n) is 15.0. The molecule has 150 valence electrons. The molecule has 4 N–H and O–H groups in total. The lowest BCUT2D eigenvalue weighted by Crippen LogP contribution is -2.39. The summed E-state index contributed by atoms with van der Waals surface area (Å²) in [4.78, 5) is 16.4. The fourth-order valence-electron chi connectivity index (χ4n) is 2.88. The molecule has 0 saturated carbocycles. The first-order valence-corrected chi connectivity index (χ1v) is 9.83. The van der Waals surface area contributed by atoms with Gasteiger partial charge in [-0.3, -0.25) is 9.78 Å². The van der Waals surface area contributed by atoms with Gasteiger partial charge in [0.25, 0.3) is 12.3 Å². The summed E-state index contributed by atoms with van der Waals surface area (Å²) < 4.78 is 50.6. The maximum absolute atomic E-state index is 12.8. The van der Waals surface area contributed by atoms with Crippen LogP contribution in [0.4, 0.5) is 14.5 Å². The molecule has 0 spiro atoms. The Balaban J connectivity index is 2.00. The van der Waals surface area contributed by atoms with Crippen molar-refractivity contribution in [2.24, 2.45) is 7.05 Å². The Labute approximate surface area is 160 Å². The van der Waals surface area contributed by atoms with Crippen molar-refractivity contribution < 1.29 is 22.9 Å². The molecule has 1 aliphatic heterocycles. The lowest BCUT2D eigenvalue weighted by Gasteiger charge is -2.17. The van der Waals surface area contributed by atoms with Gasteiger partial charge in [0.15, 0.2) is 0 Å². The number of amides is 1. The van der Waals surface area contributed by atoms with Crippen LogP contribution in [-0.4, -0.2) is 36.9 Å². The maximum atomic E-state index is 12.8. The van der Waals surface area contributed by atoms with Crippen molar-refractivity contribution in [1.29, 1.82) is 4.78 Å². The van der Waals surface area contributed by atoms with Crippen LogP contribution in [0, 0.1) is 4.78 Å². The second-order valence-corrected chi connectivity index (χ2v) is 8.18. The fraction of sp³-hybridized carbons (Fsp3) is 0.294. The van der Waals surface area contributed by atoms with E-state index >= 15 is 0 Å². The Morgan fingerprint density at radius 2 is 2.21 bits per heavy atom. The van der Waals surface area contributed by atoms with Gasteiger partial charge in [-0.15, -0.1) is 0 Å². The van der Waals surface area contributed by atoms with Crippen molar-refractivity contribution in [3.8, 4) is 0 Å². The van der Waals surface area contributed by atoms with Crippen LogP contribution >= 0.6 is 0 Å². The van der Waals surface area contributed by atoms with Crippen LogP contribution < -0.4 is 10.0 Å². The highest BCUT2D eigenvalue weighted by Crippen LogP contribution is 2.28. The number of nitrogens with one attached hydrogen (secondary N) is 3. The van der Waals surface area contributed by atoms with Gasteiger partial charge in [0.1, 0.15) is 21.3 Å². The summed E-state index contributed by atoms with van der Waals surface area (Å²) in [7, 11) is -1.93. The molecule has 1 amide bonds. The first-order chi connectivity index (χ1) is 13.1. The largest absolute Gasteiger partial charge is 0.391 e. The Morgan fingerprint density at radius 1 is 1.50 bits per heavy atom. The van der Waals surface area contributed by atoms with Gasteiger partial charge in [0.05, 0.1) is 17.0 Å². The molecule has 0 aliphatic carbocycles. The number of pyridine rings is 1. The Morgan fingerprint density at radius 3 is 2.86 bits per heavy atom. The minimum absolute atomic E-state index is 0.0996. The van der Waals surface area contributed by atoms with E-state index in [0.29, 0.717) is 0 Å². The van der Waals surface area contributed by atoms with E-state index < -0.39 is 40.1 Å². The molecule has 1 unspecified atom stereocenters. The molecular formula is C17H19F2N5O3S. The summed E-state index contributed by atoms with van der Waals surface area (Å²) in [6, 6.07) is 1.71. The van der Waals surface area contributed by atoms with Gasteiger partial charge in [-0.2, -0.15) is 0 Å². The van der Waals surface area contributed by atoms with Gasteiger partial charge >= 0.3 is 0 Å². The average Bonchev–Trinajstić information content (AvgIpc) is 2.89. The van der Waals surface area contributed by atoms with E-state index in [-0.39, 0.29) is 21.8 Å². The number of aliphatic hydroxyl groups is 1. The first kappa shape index (κ1) is 20.1. The number of hydrogen-bond acceptors (Lipinski definition) is 5. The molecule has 0 fully saturated rings. The van der Waals surface area contributed by atoms with E-state index in [1.807, 2.05) is 0 Å². The lowest BCUT2D eigenvalue weighted by molar-refractivity contribution is 0.101. The Hall–Kier alpha value is -2.63. The number of anilines is 1. The molecule has 0 saturated heterocycles. The fourth-order valence-corrected chi connectivity index (χ4v) is 4.45. The molecule has 3 atom stereocenters. The minimum Gasteiger partial charge on any atom is -0.391 e. The van der Waals surface area contributed by atoms with Crippen LogP contribution in [0.3, 0.4) is 0 Å². The summed E-state index contributed by atoms with van der Waals surface area (Å²) in [6.45, 7) is 1.49. The highest BCUT2D eigenvalue weighted by Gasteiger charge is 2.29. The number of carbonyl (C=O) groups is 1. The molecular weight excluding hydrogens is 392 g/mol. The van der Waals surface area contributed by atoms with E-state index in [1.165, 1.54) is 35.9 Å². The zero-order valence-corrected chi connectivity index (χ0v) is 15.8.